The van der Waals surface area contributed by atoms with Gasteiger partial charge in [0, 0.05) is 6.04 Å². The minimum absolute atomic E-state index is 0.0575. The number of hydrogen-bond donors (Lipinski definition) is 2. The van der Waals surface area contributed by atoms with Gasteiger partial charge in [0.25, 0.3) is 5.91 Å². The Morgan fingerprint density at radius 1 is 1.00 bits per heavy atom. The van der Waals surface area contributed by atoms with Crippen molar-refractivity contribution in [2.45, 2.75) is 33.2 Å². The standard InChI is InChI=1S/C17H24N2O6/c1-4-12(3)18-17(22)19-15(20)10-25-16(21)11-24-14-8-6-13(7-9-14)23-5-2/h6-9,12H,4-5,10-11H2,1-3H3,(H2,18,19,20,22)/t12-/m0/s1. The molecule has 0 heterocycles. The molecule has 8 nitrogen and oxygen atoms in total. The highest BCUT2D eigenvalue weighted by atomic mass is 16.6. The van der Waals surface area contributed by atoms with Gasteiger partial charge in [-0.2, -0.15) is 0 Å². The lowest BCUT2D eigenvalue weighted by molar-refractivity contribution is -0.150. The van der Waals surface area contributed by atoms with Gasteiger partial charge in [-0.15, -0.1) is 0 Å². The Bertz CT molecular complexity index is 573. The van der Waals surface area contributed by atoms with Crippen LogP contribution in [0.3, 0.4) is 0 Å². The fourth-order valence-electron chi connectivity index (χ4n) is 1.65. The monoisotopic (exact) mass is 352 g/mol. The van der Waals surface area contributed by atoms with Crippen molar-refractivity contribution >= 4 is 17.9 Å². The number of urea groups is 1. The van der Waals surface area contributed by atoms with Crippen LogP contribution in [0.5, 0.6) is 11.5 Å². The van der Waals surface area contributed by atoms with Crippen LogP contribution in [0.2, 0.25) is 0 Å². The van der Waals surface area contributed by atoms with Crippen LogP contribution in [0.15, 0.2) is 24.3 Å². The van der Waals surface area contributed by atoms with E-state index in [0.29, 0.717) is 18.1 Å². The van der Waals surface area contributed by atoms with Crippen molar-refractivity contribution in [3.05, 3.63) is 24.3 Å². The smallest absolute Gasteiger partial charge is 0.344 e. The first-order valence-electron chi connectivity index (χ1n) is 8.06. The highest BCUT2D eigenvalue weighted by molar-refractivity contribution is 5.95. The van der Waals surface area contributed by atoms with Crippen molar-refractivity contribution in [2.24, 2.45) is 0 Å². The maximum atomic E-state index is 11.5. The van der Waals surface area contributed by atoms with Crippen LogP contribution in [0, 0.1) is 0 Å². The third-order valence-corrected chi connectivity index (χ3v) is 3.10. The van der Waals surface area contributed by atoms with Crippen LogP contribution >= 0.6 is 0 Å². The summed E-state index contributed by atoms with van der Waals surface area (Å²) < 4.78 is 15.3. The molecule has 0 aromatic heterocycles. The number of imide groups is 1. The van der Waals surface area contributed by atoms with Gasteiger partial charge in [0.2, 0.25) is 0 Å². The van der Waals surface area contributed by atoms with Crippen molar-refractivity contribution < 1.29 is 28.6 Å². The highest BCUT2D eigenvalue weighted by Crippen LogP contribution is 2.17. The molecule has 0 aliphatic heterocycles. The molecule has 0 saturated carbocycles. The maximum absolute atomic E-state index is 11.5. The van der Waals surface area contributed by atoms with E-state index in [1.807, 2.05) is 20.8 Å². The summed E-state index contributed by atoms with van der Waals surface area (Å²) in [5, 5.41) is 4.63. The second-order valence-electron chi connectivity index (χ2n) is 5.18. The molecule has 0 bridgehead atoms. The van der Waals surface area contributed by atoms with Gasteiger partial charge in [-0.1, -0.05) is 6.92 Å². The van der Waals surface area contributed by atoms with E-state index in [9.17, 15) is 14.4 Å². The summed E-state index contributed by atoms with van der Waals surface area (Å²) in [6.45, 7) is 5.25. The van der Waals surface area contributed by atoms with E-state index in [-0.39, 0.29) is 12.6 Å². The zero-order chi connectivity index (χ0) is 18.7. The molecule has 8 heteroatoms. The van der Waals surface area contributed by atoms with E-state index in [2.05, 4.69) is 10.6 Å². The molecule has 1 aromatic carbocycles. The summed E-state index contributed by atoms with van der Waals surface area (Å²) in [7, 11) is 0. The Kier molecular flexibility index (Phi) is 8.84. The first-order valence-corrected chi connectivity index (χ1v) is 8.06. The molecule has 1 rings (SSSR count). The van der Waals surface area contributed by atoms with Crippen LogP contribution in [-0.2, 0) is 14.3 Å². The molecule has 0 fully saturated rings. The SMILES string of the molecule is CCOc1ccc(OCC(=O)OCC(=O)NC(=O)N[C@@H](C)CC)cc1. The maximum Gasteiger partial charge on any atom is 0.344 e. The summed E-state index contributed by atoms with van der Waals surface area (Å²) in [5.41, 5.74) is 0. The Morgan fingerprint density at radius 2 is 1.60 bits per heavy atom. The summed E-state index contributed by atoms with van der Waals surface area (Å²) >= 11 is 0. The molecule has 3 amide bonds. The van der Waals surface area contributed by atoms with Crippen LogP contribution in [-0.4, -0.2) is 43.8 Å². The Labute approximate surface area is 146 Å². The molecule has 1 atom stereocenters. The first-order chi connectivity index (χ1) is 11.9. The topological polar surface area (TPSA) is 103 Å². The second-order valence-corrected chi connectivity index (χ2v) is 5.18. The molecule has 0 aliphatic carbocycles. The highest BCUT2D eigenvalue weighted by Gasteiger charge is 2.12. The van der Waals surface area contributed by atoms with Gasteiger partial charge in [0.15, 0.2) is 13.2 Å². The van der Waals surface area contributed by atoms with Gasteiger partial charge in [0.1, 0.15) is 11.5 Å². The molecule has 0 aliphatic rings. The third-order valence-electron chi connectivity index (χ3n) is 3.10. The summed E-state index contributed by atoms with van der Waals surface area (Å²) in [6.07, 6.45) is 0.736. The van der Waals surface area contributed by atoms with Crippen LogP contribution < -0.4 is 20.1 Å². The number of rotatable bonds is 9. The molecule has 2 N–H and O–H groups in total. The van der Waals surface area contributed by atoms with Gasteiger partial charge in [-0.05, 0) is 44.5 Å². The molecule has 1 aromatic rings. The number of benzene rings is 1. The lowest BCUT2D eigenvalue weighted by Crippen LogP contribution is -2.44. The Balaban J connectivity index is 2.25. The van der Waals surface area contributed by atoms with Gasteiger partial charge in [-0.25, -0.2) is 9.59 Å². The fourth-order valence-corrected chi connectivity index (χ4v) is 1.65. The number of carbonyl (C=O) groups excluding carboxylic acids is 3. The molecule has 0 spiro atoms. The number of amides is 3. The molecule has 138 valence electrons. The lowest BCUT2D eigenvalue weighted by atomic mass is 10.3. The van der Waals surface area contributed by atoms with Crippen molar-refractivity contribution in [2.75, 3.05) is 19.8 Å². The van der Waals surface area contributed by atoms with E-state index in [1.165, 1.54) is 0 Å². The van der Waals surface area contributed by atoms with E-state index in [0.717, 1.165) is 6.42 Å². The normalized spacial score (nSPS) is 11.2. The predicted octanol–water partition coefficient (Wildman–Crippen LogP) is 1.63. The molecule has 0 unspecified atom stereocenters. The van der Waals surface area contributed by atoms with Crippen LogP contribution in [0.1, 0.15) is 27.2 Å². The lowest BCUT2D eigenvalue weighted by Gasteiger charge is -2.12. The van der Waals surface area contributed by atoms with Gasteiger partial charge < -0.3 is 19.5 Å². The average molecular weight is 352 g/mol. The zero-order valence-corrected chi connectivity index (χ0v) is 14.7. The number of ether oxygens (including phenoxy) is 3. The van der Waals surface area contributed by atoms with E-state index in [1.54, 1.807) is 24.3 Å². The fraction of sp³-hybridized carbons (Fsp3) is 0.471. The van der Waals surface area contributed by atoms with Crippen molar-refractivity contribution in [3.63, 3.8) is 0 Å². The summed E-state index contributed by atoms with van der Waals surface area (Å²) in [6, 6.07) is 6.06. The predicted molar refractivity (Wildman–Crippen MR) is 90.5 cm³/mol. The van der Waals surface area contributed by atoms with Crippen molar-refractivity contribution in [1.82, 2.24) is 10.6 Å². The van der Waals surface area contributed by atoms with Crippen LogP contribution in [0.25, 0.3) is 0 Å². The summed E-state index contributed by atoms with van der Waals surface area (Å²) in [5.74, 6) is -0.260. The number of hydrogen-bond acceptors (Lipinski definition) is 6. The van der Waals surface area contributed by atoms with Gasteiger partial charge in [0.05, 0.1) is 6.61 Å². The average Bonchev–Trinajstić information content (AvgIpc) is 2.59. The van der Waals surface area contributed by atoms with Crippen LogP contribution in [0.4, 0.5) is 4.79 Å². The quantitative estimate of drug-likeness (QED) is 0.655. The minimum atomic E-state index is -0.716. The Hall–Kier alpha value is -2.77. The van der Waals surface area contributed by atoms with Gasteiger partial charge in [-0.3, -0.25) is 10.1 Å². The van der Waals surface area contributed by atoms with E-state index < -0.39 is 24.5 Å². The van der Waals surface area contributed by atoms with Gasteiger partial charge >= 0.3 is 12.0 Å². The molecular formula is C17H24N2O6. The molecule has 0 saturated heterocycles. The van der Waals surface area contributed by atoms with Crippen molar-refractivity contribution in [1.29, 1.82) is 0 Å². The third kappa shape index (κ3) is 8.59. The summed E-state index contributed by atoms with van der Waals surface area (Å²) in [4.78, 5) is 34.5. The number of nitrogens with one attached hydrogen (secondary N) is 2. The first kappa shape index (κ1) is 20.3. The number of carbonyl (C=O) groups is 3. The van der Waals surface area contributed by atoms with E-state index in [4.69, 9.17) is 14.2 Å². The largest absolute Gasteiger partial charge is 0.494 e. The zero-order valence-electron chi connectivity index (χ0n) is 14.7. The molecule has 25 heavy (non-hydrogen) atoms. The number of esters is 1. The second kappa shape index (κ2) is 10.9. The molecular weight excluding hydrogens is 328 g/mol. The van der Waals surface area contributed by atoms with Crippen molar-refractivity contribution in [3.8, 4) is 11.5 Å². The molecule has 0 radical (unpaired) electrons. The minimum Gasteiger partial charge on any atom is -0.494 e. The van der Waals surface area contributed by atoms with E-state index >= 15 is 0 Å². The Morgan fingerprint density at radius 3 is 2.16 bits per heavy atom.